The van der Waals surface area contributed by atoms with Gasteiger partial charge in [-0.1, -0.05) is 47.5 Å². The van der Waals surface area contributed by atoms with Gasteiger partial charge < -0.3 is 25.2 Å². The summed E-state index contributed by atoms with van der Waals surface area (Å²) in [5.74, 6) is 0.560. The van der Waals surface area contributed by atoms with E-state index in [4.69, 9.17) is 10.8 Å². The van der Waals surface area contributed by atoms with Crippen molar-refractivity contribution in [3.05, 3.63) is 42.9 Å². The molecule has 0 saturated carbocycles. The third-order valence-electron chi connectivity index (χ3n) is 2.39. The third-order valence-corrected chi connectivity index (χ3v) is 2.39. The molecule has 0 fully saturated rings. The van der Waals surface area contributed by atoms with Crippen LogP contribution < -0.4 is 0 Å². The molecule has 0 aliphatic heterocycles. The molecule has 142 valence electrons. The Labute approximate surface area is 172 Å². The Kier molecular flexibility index (Phi) is 39.0. The molecular weight excluding hydrogens is 381 g/mol. The summed E-state index contributed by atoms with van der Waals surface area (Å²) in [6, 6.07) is 0. The summed E-state index contributed by atoms with van der Waals surface area (Å²) >= 11 is 2.03. The van der Waals surface area contributed by atoms with E-state index in [-0.39, 0.29) is 44.4 Å². The molecule has 0 radical (unpaired) electrons. The van der Waals surface area contributed by atoms with Gasteiger partial charge in [0.25, 0.3) is 0 Å². The predicted octanol–water partition coefficient (Wildman–Crippen LogP) is 5.14. The number of halogens is 2. The molecule has 1 aliphatic carbocycles. The summed E-state index contributed by atoms with van der Waals surface area (Å²) in [5, 5.41) is 7.81. The van der Waals surface area contributed by atoms with Crippen molar-refractivity contribution in [1.29, 1.82) is 0 Å². The second-order valence-electron chi connectivity index (χ2n) is 5.63. The Bertz CT molecular complexity index is 308. The Morgan fingerprint density at radius 3 is 1.52 bits per heavy atom. The standard InChI is InChI=1S/C9H13.C4H10N.C3H7O.CH3.2ClH.H2Si.Ti/c1-6-5-7(2)9(4)8(6)3;1-4(2,3)5;1-2-3-4;;;;;/h6H,1-4H3;5H,1-3H3;4H,1-3H2;1H3;2*1H;1H2;/q4*-1;;;;. The molecule has 2 N–H and O–H groups in total. The van der Waals surface area contributed by atoms with E-state index in [9.17, 15) is 0 Å². The fourth-order valence-electron chi connectivity index (χ4n) is 1.16. The maximum absolute atomic E-state index is 7.81. The Hall–Kier alpha value is 0.911. The molecule has 0 heterocycles. The van der Waals surface area contributed by atoms with Gasteiger partial charge in [0.2, 0.25) is 0 Å². The van der Waals surface area contributed by atoms with Crippen LogP contribution in [0.25, 0.3) is 5.73 Å². The van der Waals surface area contributed by atoms with Crippen LogP contribution in [0.15, 0.2) is 16.7 Å². The predicted molar refractivity (Wildman–Crippen MR) is 111 cm³/mol. The molecule has 0 saturated heterocycles. The Morgan fingerprint density at radius 1 is 1.22 bits per heavy atom. The molecule has 0 aromatic carbocycles. The van der Waals surface area contributed by atoms with Crippen LogP contribution in [0.4, 0.5) is 0 Å². The molecular formula is C17H37Cl2NOSiTi-4. The molecule has 2 nitrogen and oxygen atoms in total. The van der Waals surface area contributed by atoms with Crippen molar-refractivity contribution >= 4 is 32.4 Å². The molecule has 1 unspecified atom stereocenters. The number of aliphatic hydroxyl groups is 1. The van der Waals surface area contributed by atoms with Gasteiger partial charge in [-0.25, -0.2) is 5.57 Å². The second kappa shape index (κ2) is 22.9. The summed E-state index contributed by atoms with van der Waals surface area (Å²) in [6.45, 7) is 17.8. The van der Waals surface area contributed by atoms with Gasteiger partial charge in [-0.15, -0.1) is 37.3 Å². The summed E-state index contributed by atoms with van der Waals surface area (Å²) < 4.78 is 0. The number of hydrogen-bond donors (Lipinski definition) is 1. The van der Waals surface area contributed by atoms with E-state index in [1.807, 2.05) is 47.6 Å². The van der Waals surface area contributed by atoms with Crippen molar-refractivity contribution in [1.82, 2.24) is 0 Å². The number of aliphatic hydroxyl groups excluding tert-OH is 1. The molecule has 0 bridgehead atoms. The maximum atomic E-state index is 7.81. The van der Waals surface area contributed by atoms with Crippen molar-refractivity contribution < 1.29 is 24.3 Å². The van der Waals surface area contributed by atoms with E-state index < -0.39 is 0 Å². The van der Waals surface area contributed by atoms with Crippen molar-refractivity contribution in [2.24, 2.45) is 5.92 Å². The van der Waals surface area contributed by atoms with Gasteiger partial charge in [-0.2, -0.15) is 17.6 Å². The van der Waals surface area contributed by atoms with E-state index in [0.29, 0.717) is 12.3 Å². The van der Waals surface area contributed by atoms with E-state index >= 15 is 0 Å². The van der Waals surface area contributed by atoms with Gasteiger partial charge >= 0.3 is 26.8 Å². The summed E-state index contributed by atoms with van der Waals surface area (Å²) in [6.07, 6.45) is 3.98. The molecule has 0 amide bonds. The third kappa shape index (κ3) is 31.2. The average Bonchev–Trinajstić information content (AvgIpc) is 2.57. The molecule has 0 spiro atoms. The quantitative estimate of drug-likeness (QED) is 0.465. The van der Waals surface area contributed by atoms with Crippen molar-refractivity contribution in [3.63, 3.8) is 0 Å². The topological polar surface area (TPSA) is 44.0 Å². The van der Waals surface area contributed by atoms with Gasteiger partial charge in [-0.05, 0) is 0 Å². The number of rotatable bonds is 1. The van der Waals surface area contributed by atoms with Crippen LogP contribution in [0, 0.1) is 26.3 Å². The molecule has 1 rings (SSSR count). The first kappa shape index (κ1) is 39.1. The van der Waals surface area contributed by atoms with Crippen LogP contribution in [0.5, 0.6) is 0 Å². The summed E-state index contributed by atoms with van der Waals surface area (Å²) in [7, 11) is 1.86. The Morgan fingerprint density at radius 2 is 1.48 bits per heavy atom. The SMILES string of the molecule is CC(C)(C)[NH-].CC1=[C-]C(C)C(C)=C1C.Cl.Cl.[CH2-]CCO.[CH3-].[SiH2]=[Ti]. The normalized spacial score (nSPS) is 14.7. The summed E-state index contributed by atoms with van der Waals surface area (Å²) in [5.41, 5.74) is 10.9. The number of allylic oxidation sites excluding steroid dienone is 4. The molecule has 0 aromatic heterocycles. The molecule has 6 heteroatoms. The van der Waals surface area contributed by atoms with Crippen LogP contribution in [0.3, 0.4) is 0 Å². The number of nitrogens with one attached hydrogen (secondary N) is 1. The first-order valence-corrected chi connectivity index (χ1v) is 10.8. The molecule has 1 atom stereocenters. The van der Waals surface area contributed by atoms with Gasteiger partial charge in [0.15, 0.2) is 0 Å². The second-order valence-corrected chi connectivity index (χ2v) is 5.63. The van der Waals surface area contributed by atoms with E-state index in [1.54, 1.807) is 0 Å². The zero-order chi connectivity index (χ0) is 16.9. The zero-order valence-corrected chi connectivity index (χ0v) is 20.8. The van der Waals surface area contributed by atoms with Crippen LogP contribution in [0.2, 0.25) is 0 Å². The van der Waals surface area contributed by atoms with E-state index in [1.165, 1.54) is 16.7 Å². The van der Waals surface area contributed by atoms with Crippen LogP contribution in [-0.2, 0) is 19.2 Å². The van der Waals surface area contributed by atoms with Crippen molar-refractivity contribution in [2.45, 2.75) is 60.4 Å². The minimum atomic E-state index is -0.250. The van der Waals surface area contributed by atoms with Gasteiger partial charge in [0, 0.05) is 6.61 Å². The van der Waals surface area contributed by atoms with E-state index in [2.05, 4.69) is 40.7 Å². The minimum absolute atomic E-state index is 0. The molecule has 0 aromatic rings. The average molecular weight is 418 g/mol. The van der Waals surface area contributed by atoms with Crippen LogP contribution in [-0.4, -0.2) is 24.9 Å². The number of hydrogen-bond acceptors (Lipinski definition) is 1. The summed E-state index contributed by atoms with van der Waals surface area (Å²) in [4.78, 5) is 0. The van der Waals surface area contributed by atoms with Gasteiger partial charge in [0.1, 0.15) is 0 Å². The van der Waals surface area contributed by atoms with Gasteiger partial charge in [-0.3, -0.25) is 6.08 Å². The van der Waals surface area contributed by atoms with Crippen LogP contribution in [0.1, 0.15) is 54.9 Å². The van der Waals surface area contributed by atoms with E-state index in [0.717, 1.165) is 0 Å². The van der Waals surface area contributed by atoms with Crippen molar-refractivity contribution in [3.8, 4) is 0 Å². The fraction of sp³-hybridized carbons (Fsp3) is 0.647. The van der Waals surface area contributed by atoms with Crippen molar-refractivity contribution in [2.75, 3.05) is 6.61 Å². The first-order chi connectivity index (χ1) is 9.04. The molecule has 23 heavy (non-hydrogen) atoms. The molecule has 1 aliphatic rings. The fourth-order valence-corrected chi connectivity index (χ4v) is 1.16. The zero-order valence-electron chi connectivity index (χ0n) is 16.2. The Balaban J connectivity index is -0.0000000455. The first-order valence-electron chi connectivity index (χ1n) is 6.82. The van der Waals surface area contributed by atoms with Crippen LogP contribution >= 0.6 is 24.8 Å². The monoisotopic (exact) mass is 417 g/mol. The van der Waals surface area contributed by atoms with Gasteiger partial charge in [0.05, 0.1) is 0 Å².